The molecule has 0 atom stereocenters. The number of ether oxygens (including phenoxy) is 1. The molecule has 1 amide bonds. The van der Waals surface area contributed by atoms with Crippen LogP contribution >= 0.6 is 11.5 Å². The van der Waals surface area contributed by atoms with Gasteiger partial charge in [-0.05, 0) is 31.0 Å². The minimum Gasteiger partial charge on any atom is -0.384 e. The molecule has 1 aromatic heterocycles. The van der Waals surface area contributed by atoms with Crippen LogP contribution in [0.15, 0.2) is 18.2 Å². The molecule has 3 rings (SSSR count). The van der Waals surface area contributed by atoms with Gasteiger partial charge < -0.3 is 15.0 Å². The van der Waals surface area contributed by atoms with Crippen LogP contribution in [0.2, 0.25) is 0 Å². The molecule has 0 aliphatic carbocycles. The molecule has 0 bridgehead atoms. The highest BCUT2D eigenvalue weighted by atomic mass is 32.1. The fourth-order valence-corrected chi connectivity index (χ4v) is 3.81. The van der Waals surface area contributed by atoms with Gasteiger partial charge in [0.25, 0.3) is 0 Å². The third-order valence-electron chi connectivity index (χ3n) is 4.88. The maximum Gasteiger partial charge on any atom is 0.238 e. The molecule has 0 unspecified atom stereocenters. The highest BCUT2D eigenvalue weighted by Gasteiger charge is 2.21. The number of nitrogens with one attached hydrogen (secondary N) is 1. The minimum atomic E-state index is 0.0370. The molecular formula is C19H27N5O2S. The quantitative estimate of drug-likeness (QED) is 0.782. The minimum absolute atomic E-state index is 0.0370. The second-order valence-electron chi connectivity index (χ2n) is 6.79. The van der Waals surface area contributed by atoms with E-state index in [1.165, 1.54) is 17.1 Å². The van der Waals surface area contributed by atoms with Crippen LogP contribution in [0.25, 0.3) is 0 Å². The van der Waals surface area contributed by atoms with E-state index in [1.54, 1.807) is 7.11 Å². The number of carbonyl (C=O) groups excluding carboxylic acids is 1. The summed E-state index contributed by atoms with van der Waals surface area (Å²) in [4.78, 5) is 21.4. The predicted molar refractivity (Wildman–Crippen MR) is 109 cm³/mol. The van der Waals surface area contributed by atoms with Gasteiger partial charge >= 0.3 is 0 Å². The Morgan fingerprint density at radius 2 is 2.04 bits per heavy atom. The van der Waals surface area contributed by atoms with Gasteiger partial charge in [-0.1, -0.05) is 12.1 Å². The number of benzene rings is 1. The number of rotatable bonds is 7. The van der Waals surface area contributed by atoms with Crippen molar-refractivity contribution in [1.29, 1.82) is 0 Å². The molecular weight excluding hydrogens is 362 g/mol. The lowest BCUT2D eigenvalue weighted by Crippen LogP contribution is -2.48. The van der Waals surface area contributed by atoms with Crippen molar-refractivity contribution in [3.63, 3.8) is 0 Å². The third kappa shape index (κ3) is 5.24. The first-order chi connectivity index (χ1) is 13.1. The molecule has 0 spiro atoms. The van der Waals surface area contributed by atoms with Crippen LogP contribution in [-0.2, 0) is 16.0 Å². The lowest BCUT2D eigenvalue weighted by Gasteiger charge is -2.33. The van der Waals surface area contributed by atoms with Crippen LogP contribution in [-0.4, -0.2) is 66.6 Å². The first kappa shape index (κ1) is 19.7. The van der Waals surface area contributed by atoms with Crippen molar-refractivity contribution in [2.75, 3.05) is 56.7 Å². The van der Waals surface area contributed by atoms with Crippen molar-refractivity contribution in [3.05, 3.63) is 35.2 Å². The fourth-order valence-electron chi connectivity index (χ4n) is 3.04. The fraction of sp³-hybridized carbons (Fsp3) is 0.526. The van der Waals surface area contributed by atoms with E-state index in [0.29, 0.717) is 13.2 Å². The Bertz CT molecular complexity index is 771. The molecule has 0 radical (unpaired) electrons. The molecule has 1 aromatic carbocycles. The monoisotopic (exact) mass is 389 g/mol. The highest BCUT2D eigenvalue weighted by Crippen LogP contribution is 2.20. The molecule has 0 saturated carbocycles. The van der Waals surface area contributed by atoms with Gasteiger partial charge in [0, 0.05) is 56.9 Å². The van der Waals surface area contributed by atoms with E-state index in [4.69, 9.17) is 4.74 Å². The Kier molecular flexibility index (Phi) is 6.76. The van der Waals surface area contributed by atoms with Crippen LogP contribution in [0.3, 0.4) is 0 Å². The summed E-state index contributed by atoms with van der Waals surface area (Å²) in [7, 11) is 1.68. The average Bonchev–Trinajstić information content (AvgIpc) is 3.13. The zero-order valence-electron chi connectivity index (χ0n) is 16.2. The normalized spacial score (nSPS) is 15.1. The van der Waals surface area contributed by atoms with Crippen LogP contribution in [0, 0.1) is 13.8 Å². The van der Waals surface area contributed by atoms with Crippen molar-refractivity contribution in [2.45, 2.75) is 20.3 Å². The van der Waals surface area contributed by atoms with E-state index in [0.717, 1.165) is 54.8 Å². The molecule has 1 N–H and O–H groups in total. The Balaban J connectivity index is 1.47. The van der Waals surface area contributed by atoms with Gasteiger partial charge in [-0.25, -0.2) is 4.98 Å². The van der Waals surface area contributed by atoms with Crippen LogP contribution in [0.5, 0.6) is 0 Å². The summed E-state index contributed by atoms with van der Waals surface area (Å²) in [5, 5.41) is 4.00. The second-order valence-corrected chi connectivity index (χ2v) is 7.53. The Morgan fingerprint density at radius 3 is 2.78 bits per heavy atom. The van der Waals surface area contributed by atoms with E-state index >= 15 is 0 Å². The van der Waals surface area contributed by atoms with Gasteiger partial charge in [0.2, 0.25) is 11.0 Å². The van der Waals surface area contributed by atoms with Crippen LogP contribution in [0.1, 0.15) is 17.0 Å². The molecule has 2 heterocycles. The number of nitrogens with zero attached hydrogens (tertiary/aromatic N) is 4. The number of carbonyl (C=O) groups is 1. The van der Waals surface area contributed by atoms with E-state index in [2.05, 4.69) is 37.5 Å². The van der Waals surface area contributed by atoms with E-state index in [-0.39, 0.29) is 5.91 Å². The molecule has 1 aliphatic rings. The summed E-state index contributed by atoms with van der Waals surface area (Å²) >= 11 is 1.44. The highest BCUT2D eigenvalue weighted by molar-refractivity contribution is 7.09. The van der Waals surface area contributed by atoms with Crippen molar-refractivity contribution in [2.24, 2.45) is 0 Å². The van der Waals surface area contributed by atoms with Crippen molar-refractivity contribution < 1.29 is 9.53 Å². The summed E-state index contributed by atoms with van der Waals surface area (Å²) in [6.45, 7) is 8.53. The number of anilines is 2. The third-order valence-corrected chi connectivity index (χ3v) is 5.69. The number of hydrogen-bond acceptors (Lipinski definition) is 7. The number of piperazine rings is 1. The van der Waals surface area contributed by atoms with Gasteiger partial charge in [0.1, 0.15) is 5.82 Å². The number of aromatic nitrogens is 2. The SMILES string of the molecule is COCCc1nsc(N2CCN(CC(=O)Nc3cccc(C)c3C)CC2)n1. The van der Waals surface area contributed by atoms with Gasteiger partial charge in [0.05, 0.1) is 13.2 Å². The molecule has 1 saturated heterocycles. The molecule has 2 aromatic rings. The Hall–Kier alpha value is -2.03. The lowest BCUT2D eigenvalue weighted by atomic mass is 10.1. The maximum absolute atomic E-state index is 12.4. The molecule has 27 heavy (non-hydrogen) atoms. The van der Waals surface area contributed by atoms with Gasteiger partial charge in [-0.2, -0.15) is 4.37 Å². The summed E-state index contributed by atoms with van der Waals surface area (Å²) in [6, 6.07) is 5.98. The summed E-state index contributed by atoms with van der Waals surface area (Å²) in [5.41, 5.74) is 3.20. The van der Waals surface area contributed by atoms with Crippen molar-refractivity contribution in [1.82, 2.24) is 14.3 Å². The lowest BCUT2D eigenvalue weighted by molar-refractivity contribution is -0.117. The molecule has 7 nitrogen and oxygen atoms in total. The van der Waals surface area contributed by atoms with Gasteiger partial charge in [0.15, 0.2) is 0 Å². The average molecular weight is 390 g/mol. The number of amides is 1. The molecule has 1 fully saturated rings. The number of methoxy groups -OCH3 is 1. The first-order valence-corrected chi connectivity index (χ1v) is 9.99. The van der Waals surface area contributed by atoms with Crippen molar-refractivity contribution in [3.8, 4) is 0 Å². The zero-order chi connectivity index (χ0) is 19.2. The number of hydrogen-bond donors (Lipinski definition) is 1. The standard InChI is InChI=1S/C19H27N5O2S/c1-14-5-4-6-16(15(14)2)20-18(25)13-23-8-10-24(11-9-23)19-21-17(22-27-19)7-12-26-3/h4-6H,7-13H2,1-3H3,(H,20,25). The number of aryl methyl sites for hydroxylation is 1. The predicted octanol–water partition coefficient (Wildman–Crippen LogP) is 2.10. The molecule has 146 valence electrons. The van der Waals surface area contributed by atoms with Crippen molar-refractivity contribution >= 4 is 28.3 Å². The second kappa shape index (κ2) is 9.25. The van der Waals surface area contributed by atoms with E-state index in [9.17, 15) is 4.79 Å². The van der Waals surface area contributed by atoms with Gasteiger partial charge in [-0.15, -0.1) is 0 Å². The summed E-state index contributed by atoms with van der Waals surface area (Å²) < 4.78 is 9.46. The largest absolute Gasteiger partial charge is 0.384 e. The van der Waals surface area contributed by atoms with Crippen LogP contribution < -0.4 is 10.2 Å². The van der Waals surface area contributed by atoms with Gasteiger partial charge in [-0.3, -0.25) is 9.69 Å². The topological polar surface area (TPSA) is 70.6 Å². The summed E-state index contributed by atoms with van der Waals surface area (Å²) in [6.07, 6.45) is 0.742. The summed E-state index contributed by atoms with van der Waals surface area (Å²) in [5.74, 6) is 0.877. The van der Waals surface area contributed by atoms with E-state index in [1.807, 2.05) is 19.1 Å². The zero-order valence-corrected chi connectivity index (χ0v) is 17.0. The maximum atomic E-state index is 12.4. The smallest absolute Gasteiger partial charge is 0.238 e. The Morgan fingerprint density at radius 1 is 1.26 bits per heavy atom. The van der Waals surface area contributed by atoms with E-state index < -0.39 is 0 Å². The first-order valence-electron chi connectivity index (χ1n) is 9.21. The van der Waals surface area contributed by atoms with Crippen LogP contribution in [0.4, 0.5) is 10.8 Å². The molecule has 8 heteroatoms. The Labute approximate surface area is 164 Å². The molecule has 1 aliphatic heterocycles.